The van der Waals surface area contributed by atoms with Gasteiger partial charge in [-0.15, -0.1) is 0 Å². The molecule has 6 heteroatoms. The van der Waals surface area contributed by atoms with Gasteiger partial charge in [0.1, 0.15) is 0 Å². The first-order valence-electron chi connectivity index (χ1n) is 8.83. The van der Waals surface area contributed by atoms with Crippen LogP contribution in [0, 0.1) is 19.8 Å². The van der Waals surface area contributed by atoms with Crippen LogP contribution in [0.25, 0.3) is 0 Å². The molecule has 1 N–H and O–H groups in total. The summed E-state index contributed by atoms with van der Waals surface area (Å²) in [5.74, 6) is 0.516. The number of benzene rings is 2. The highest BCUT2D eigenvalue weighted by Gasteiger charge is 2.35. The van der Waals surface area contributed by atoms with E-state index < -0.39 is 5.92 Å². The van der Waals surface area contributed by atoms with E-state index in [-0.39, 0.29) is 18.2 Å². The molecule has 1 aliphatic heterocycles. The normalized spacial score (nSPS) is 16.4. The molecule has 0 radical (unpaired) electrons. The smallest absolute Gasteiger partial charge is 0.229 e. The van der Waals surface area contributed by atoms with Crippen molar-refractivity contribution in [2.45, 2.75) is 20.3 Å². The lowest BCUT2D eigenvalue weighted by Gasteiger charge is -2.18. The number of anilines is 2. The van der Waals surface area contributed by atoms with Crippen molar-refractivity contribution >= 4 is 23.2 Å². The Balaban J connectivity index is 1.71. The van der Waals surface area contributed by atoms with Gasteiger partial charge in [-0.3, -0.25) is 9.59 Å². The zero-order valence-corrected chi connectivity index (χ0v) is 16.0. The van der Waals surface area contributed by atoms with E-state index in [9.17, 15) is 9.59 Å². The molecule has 0 aliphatic carbocycles. The third-order valence-corrected chi connectivity index (χ3v) is 4.95. The van der Waals surface area contributed by atoms with Crippen molar-refractivity contribution in [3.8, 4) is 11.5 Å². The number of nitrogens with zero attached hydrogens (tertiary/aromatic N) is 1. The number of methoxy groups -OCH3 is 2. The summed E-state index contributed by atoms with van der Waals surface area (Å²) in [5.41, 5.74) is 3.74. The molecule has 1 heterocycles. The molecule has 2 aromatic carbocycles. The second-order valence-electron chi connectivity index (χ2n) is 6.73. The fraction of sp³-hybridized carbons (Fsp3) is 0.333. The first-order valence-corrected chi connectivity index (χ1v) is 8.83. The molecule has 1 unspecified atom stereocenters. The number of hydrogen-bond acceptors (Lipinski definition) is 4. The fourth-order valence-electron chi connectivity index (χ4n) is 3.18. The molecular weight excluding hydrogens is 344 g/mol. The molecule has 1 fully saturated rings. The van der Waals surface area contributed by atoms with Gasteiger partial charge in [0.25, 0.3) is 0 Å². The Labute approximate surface area is 159 Å². The molecule has 0 saturated carbocycles. The second kappa shape index (κ2) is 7.70. The van der Waals surface area contributed by atoms with Crippen LogP contribution in [-0.4, -0.2) is 32.6 Å². The van der Waals surface area contributed by atoms with Crippen LogP contribution in [0.4, 0.5) is 11.4 Å². The second-order valence-corrected chi connectivity index (χ2v) is 6.73. The van der Waals surface area contributed by atoms with Gasteiger partial charge in [0, 0.05) is 30.4 Å². The molecule has 142 valence electrons. The summed E-state index contributed by atoms with van der Waals surface area (Å²) in [6.45, 7) is 4.42. The van der Waals surface area contributed by atoms with Crippen LogP contribution in [0.15, 0.2) is 36.4 Å². The zero-order chi connectivity index (χ0) is 19.6. The minimum Gasteiger partial charge on any atom is -0.493 e. The number of rotatable bonds is 5. The molecule has 0 spiro atoms. The average molecular weight is 368 g/mol. The molecule has 1 aliphatic rings. The van der Waals surface area contributed by atoms with Gasteiger partial charge < -0.3 is 19.7 Å². The molecule has 0 aromatic heterocycles. The Bertz CT molecular complexity index is 878. The third kappa shape index (κ3) is 3.89. The van der Waals surface area contributed by atoms with E-state index in [0.29, 0.717) is 23.7 Å². The lowest BCUT2D eigenvalue weighted by Crippen LogP contribution is -2.28. The maximum atomic E-state index is 12.7. The first kappa shape index (κ1) is 18.8. The van der Waals surface area contributed by atoms with Crippen LogP contribution in [0.2, 0.25) is 0 Å². The number of amides is 2. The minimum absolute atomic E-state index is 0.0364. The predicted octanol–water partition coefficient (Wildman–Crippen LogP) is 3.31. The molecule has 1 atom stereocenters. The molecule has 2 amide bonds. The zero-order valence-electron chi connectivity index (χ0n) is 16.0. The monoisotopic (exact) mass is 368 g/mol. The highest BCUT2D eigenvalue weighted by atomic mass is 16.5. The quantitative estimate of drug-likeness (QED) is 0.879. The summed E-state index contributed by atoms with van der Waals surface area (Å²) in [4.78, 5) is 26.8. The Hall–Kier alpha value is -3.02. The topological polar surface area (TPSA) is 67.9 Å². The SMILES string of the molecule is COc1ccc(NC(=O)C2CC(=O)N(c3ccc(C)c(C)c3)C2)cc1OC. The fourth-order valence-corrected chi connectivity index (χ4v) is 3.18. The van der Waals surface area contributed by atoms with Crippen molar-refractivity contribution in [3.63, 3.8) is 0 Å². The number of ether oxygens (including phenoxy) is 2. The summed E-state index contributed by atoms with van der Waals surface area (Å²) in [6, 6.07) is 11.1. The summed E-state index contributed by atoms with van der Waals surface area (Å²) < 4.78 is 10.5. The average Bonchev–Trinajstić information content (AvgIpc) is 3.05. The molecule has 0 bridgehead atoms. The van der Waals surface area contributed by atoms with Gasteiger partial charge >= 0.3 is 0 Å². The van der Waals surface area contributed by atoms with Crippen LogP contribution in [-0.2, 0) is 9.59 Å². The van der Waals surface area contributed by atoms with Crippen LogP contribution in [0.5, 0.6) is 11.5 Å². The predicted molar refractivity (Wildman–Crippen MR) is 105 cm³/mol. The van der Waals surface area contributed by atoms with E-state index in [4.69, 9.17) is 9.47 Å². The molecular formula is C21H24N2O4. The Kier molecular flexibility index (Phi) is 5.35. The Morgan fingerprint density at radius 3 is 2.44 bits per heavy atom. The van der Waals surface area contributed by atoms with Crippen molar-refractivity contribution < 1.29 is 19.1 Å². The van der Waals surface area contributed by atoms with E-state index in [1.807, 2.05) is 32.0 Å². The van der Waals surface area contributed by atoms with Crippen LogP contribution in [0.3, 0.4) is 0 Å². The standard InChI is InChI=1S/C21H24N2O4/c1-13-5-7-17(9-14(13)2)23-12-15(10-20(23)24)21(25)22-16-6-8-18(26-3)19(11-16)27-4/h5-9,11,15H,10,12H2,1-4H3,(H,22,25). The highest BCUT2D eigenvalue weighted by molar-refractivity contribution is 6.03. The summed E-state index contributed by atoms with van der Waals surface area (Å²) in [6.07, 6.45) is 0.200. The minimum atomic E-state index is -0.396. The van der Waals surface area contributed by atoms with Crippen LogP contribution < -0.4 is 19.7 Å². The largest absolute Gasteiger partial charge is 0.493 e. The van der Waals surface area contributed by atoms with Gasteiger partial charge in [0.05, 0.1) is 20.1 Å². The number of carbonyl (C=O) groups is 2. The van der Waals surface area contributed by atoms with E-state index in [2.05, 4.69) is 5.32 Å². The number of nitrogens with one attached hydrogen (secondary N) is 1. The molecule has 6 nitrogen and oxygen atoms in total. The van der Waals surface area contributed by atoms with E-state index in [0.717, 1.165) is 11.3 Å². The number of hydrogen-bond donors (Lipinski definition) is 1. The van der Waals surface area contributed by atoms with Crippen LogP contribution in [0.1, 0.15) is 17.5 Å². The summed E-state index contributed by atoms with van der Waals surface area (Å²) >= 11 is 0. The van der Waals surface area contributed by atoms with Gasteiger partial charge in [-0.05, 0) is 49.2 Å². The molecule has 27 heavy (non-hydrogen) atoms. The van der Waals surface area contributed by atoms with Crippen molar-refractivity contribution in [2.75, 3.05) is 31.0 Å². The van der Waals surface area contributed by atoms with E-state index >= 15 is 0 Å². The van der Waals surface area contributed by atoms with Gasteiger partial charge in [0.2, 0.25) is 11.8 Å². The molecule has 2 aromatic rings. The summed E-state index contributed by atoms with van der Waals surface area (Å²) in [5, 5.41) is 2.87. The van der Waals surface area contributed by atoms with Crippen molar-refractivity contribution in [1.82, 2.24) is 0 Å². The number of aryl methyl sites for hydroxylation is 2. The highest BCUT2D eigenvalue weighted by Crippen LogP contribution is 2.31. The third-order valence-electron chi connectivity index (χ3n) is 4.95. The van der Waals surface area contributed by atoms with Gasteiger partial charge in [0.15, 0.2) is 11.5 Å². The van der Waals surface area contributed by atoms with Gasteiger partial charge in [-0.2, -0.15) is 0 Å². The lowest BCUT2D eigenvalue weighted by atomic mass is 10.1. The van der Waals surface area contributed by atoms with Crippen molar-refractivity contribution in [3.05, 3.63) is 47.5 Å². The maximum absolute atomic E-state index is 12.7. The summed E-state index contributed by atoms with van der Waals surface area (Å²) in [7, 11) is 3.10. The van der Waals surface area contributed by atoms with Gasteiger partial charge in [-0.25, -0.2) is 0 Å². The van der Waals surface area contributed by atoms with Crippen molar-refractivity contribution in [1.29, 1.82) is 0 Å². The number of carbonyl (C=O) groups excluding carboxylic acids is 2. The molecule has 1 saturated heterocycles. The van der Waals surface area contributed by atoms with Gasteiger partial charge in [-0.1, -0.05) is 6.07 Å². The lowest BCUT2D eigenvalue weighted by molar-refractivity contribution is -0.122. The first-order chi connectivity index (χ1) is 12.9. The van der Waals surface area contributed by atoms with E-state index in [1.165, 1.54) is 5.56 Å². The Morgan fingerprint density at radius 2 is 1.78 bits per heavy atom. The van der Waals surface area contributed by atoms with E-state index in [1.54, 1.807) is 37.3 Å². The van der Waals surface area contributed by atoms with Crippen molar-refractivity contribution in [2.24, 2.45) is 5.92 Å². The molecule has 3 rings (SSSR count). The Morgan fingerprint density at radius 1 is 1.04 bits per heavy atom. The van der Waals surface area contributed by atoms with Crippen LogP contribution >= 0.6 is 0 Å². The maximum Gasteiger partial charge on any atom is 0.229 e.